The number of unbranched alkanes of at least 4 members (excludes halogenated alkanes) is 6. The van der Waals surface area contributed by atoms with Crippen molar-refractivity contribution in [2.45, 2.75) is 78.1 Å². The van der Waals surface area contributed by atoms with Crippen molar-refractivity contribution in [3.05, 3.63) is 0 Å². The molecule has 19 heavy (non-hydrogen) atoms. The summed E-state index contributed by atoms with van der Waals surface area (Å²) in [4.78, 5) is 14.2. The average molecular weight is 269 g/mol. The number of hydrogen-bond donors (Lipinski definition) is 0. The van der Waals surface area contributed by atoms with E-state index in [0.717, 1.165) is 12.8 Å². The van der Waals surface area contributed by atoms with Crippen molar-refractivity contribution in [3.63, 3.8) is 0 Å². The molecule has 0 bridgehead atoms. The predicted octanol–water partition coefficient (Wildman–Crippen LogP) is 4.67. The normalized spacial score (nSPS) is 11.5. The maximum Gasteiger partial charge on any atom is 0.149 e. The van der Waals surface area contributed by atoms with E-state index in [-0.39, 0.29) is 0 Å². The van der Waals surface area contributed by atoms with Crippen LogP contribution < -0.4 is 0 Å². The summed E-state index contributed by atoms with van der Waals surface area (Å²) < 4.78 is 0. The van der Waals surface area contributed by atoms with Crippen LogP contribution in [0.2, 0.25) is 0 Å². The quantitative estimate of drug-likeness (QED) is 0.453. The van der Waals surface area contributed by atoms with E-state index in [1.165, 1.54) is 51.4 Å². The Morgan fingerprint density at radius 2 is 1.32 bits per heavy atom. The summed E-state index contributed by atoms with van der Waals surface area (Å²) in [5.41, 5.74) is 0. The molecular formula is C17H35NO. The second-order valence-corrected chi connectivity index (χ2v) is 6.10. The second-order valence-electron chi connectivity index (χ2n) is 6.10. The van der Waals surface area contributed by atoms with Gasteiger partial charge in [0.15, 0.2) is 0 Å². The maximum absolute atomic E-state index is 12.2. The molecule has 0 saturated carbocycles. The Kier molecular flexibility index (Phi) is 12.4. The molecule has 0 atom stereocenters. The number of Topliss-reactive ketones (excluding diaryl/α,β-unsaturated/α-hetero) is 1. The van der Waals surface area contributed by atoms with Gasteiger partial charge in [-0.05, 0) is 26.9 Å². The lowest BCUT2D eigenvalue weighted by Gasteiger charge is -2.18. The van der Waals surface area contributed by atoms with Crippen LogP contribution in [0.3, 0.4) is 0 Å². The zero-order valence-electron chi connectivity index (χ0n) is 13.7. The van der Waals surface area contributed by atoms with Gasteiger partial charge in [0, 0.05) is 5.92 Å². The molecule has 0 aromatic rings. The number of carbonyl (C=O) groups excluding carboxylic acids is 1. The highest BCUT2D eigenvalue weighted by molar-refractivity contribution is 5.82. The third-order valence-corrected chi connectivity index (χ3v) is 3.74. The summed E-state index contributed by atoms with van der Waals surface area (Å²) in [5.74, 6) is 0.772. The highest BCUT2D eigenvalue weighted by atomic mass is 16.1. The van der Waals surface area contributed by atoms with E-state index in [9.17, 15) is 4.79 Å². The molecule has 0 aromatic carbocycles. The van der Waals surface area contributed by atoms with Gasteiger partial charge in [-0.2, -0.15) is 0 Å². The first-order chi connectivity index (χ1) is 9.11. The molecule has 0 aliphatic carbocycles. The van der Waals surface area contributed by atoms with E-state index >= 15 is 0 Å². The number of hydrogen-bond acceptors (Lipinski definition) is 2. The van der Waals surface area contributed by atoms with E-state index < -0.39 is 0 Å². The molecule has 0 aliphatic rings. The lowest BCUT2D eigenvalue weighted by atomic mass is 9.90. The highest BCUT2D eigenvalue weighted by Gasteiger charge is 2.17. The smallest absolute Gasteiger partial charge is 0.149 e. The minimum Gasteiger partial charge on any atom is -0.302 e. The lowest BCUT2D eigenvalue weighted by Crippen LogP contribution is -2.27. The van der Waals surface area contributed by atoms with Gasteiger partial charge in [-0.25, -0.2) is 0 Å². The molecule has 0 spiro atoms. The first kappa shape index (κ1) is 18.6. The van der Waals surface area contributed by atoms with E-state index in [1.54, 1.807) is 0 Å². The van der Waals surface area contributed by atoms with Crippen LogP contribution in [0, 0.1) is 5.92 Å². The third kappa shape index (κ3) is 11.2. The Morgan fingerprint density at radius 3 is 1.68 bits per heavy atom. The molecule has 0 saturated heterocycles. The topological polar surface area (TPSA) is 20.3 Å². The van der Waals surface area contributed by atoms with Gasteiger partial charge in [-0.3, -0.25) is 4.79 Å². The van der Waals surface area contributed by atoms with Gasteiger partial charge in [-0.15, -0.1) is 0 Å². The molecular weight excluding hydrogens is 234 g/mol. The summed E-state index contributed by atoms with van der Waals surface area (Å²) in [6.45, 7) is 5.09. The Balaban J connectivity index is 4.02. The van der Waals surface area contributed by atoms with E-state index in [1.807, 2.05) is 19.0 Å². The minimum atomic E-state index is 0.316. The number of carbonyl (C=O) groups is 1. The van der Waals surface area contributed by atoms with E-state index in [0.29, 0.717) is 18.2 Å². The molecule has 0 rings (SSSR count). The van der Waals surface area contributed by atoms with Crippen molar-refractivity contribution < 1.29 is 4.79 Å². The van der Waals surface area contributed by atoms with Crippen LogP contribution in [0.1, 0.15) is 78.1 Å². The third-order valence-electron chi connectivity index (χ3n) is 3.74. The van der Waals surface area contributed by atoms with Crippen molar-refractivity contribution in [1.82, 2.24) is 4.90 Å². The van der Waals surface area contributed by atoms with Crippen LogP contribution in [-0.2, 0) is 4.79 Å². The largest absolute Gasteiger partial charge is 0.302 e. The Labute approximate surface area is 120 Å². The van der Waals surface area contributed by atoms with Crippen LogP contribution in [0.5, 0.6) is 0 Å². The molecule has 2 nitrogen and oxygen atoms in total. The summed E-state index contributed by atoms with van der Waals surface area (Å²) >= 11 is 0. The predicted molar refractivity (Wildman–Crippen MR) is 84.6 cm³/mol. The molecule has 0 fully saturated rings. The molecule has 0 amide bonds. The standard InChI is InChI=1S/C17H35NO/c1-5-7-9-11-13-16(14-12-10-8-6-2)17(19)15-18(3)4/h16H,5-15H2,1-4H3. The van der Waals surface area contributed by atoms with Crippen LogP contribution in [0.4, 0.5) is 0 Å². The Morgan fingerprint density at radius 1 is 0.842 bits per heavy atom. The zero-order chi connectivity index (χ0) is 14.5. The second kappa shape index (κ2) is 12.7. The monoisotopic (exact) mass is 269 g/mol. The van der Waals surface area contributed by atoms with Crippen molar-refractivity contribution in [1.29, 1.82) is 0 Å². The molecule has 0 N–H and O–H groups in total. The number of rotatable bonds is 13. The van der Waals surface area contributed by atoms with Crippen molar-refractivity contribution in [3.8, 4) is 0 Å². The van der Waals surface area contributed by atoms with Gasteiger partial charge >= 0.3 is 0 Å². The minimum absolute atomic E-state index is 0.316. The van der Waals surface area contributed by atoms with Crippen LogP contribution >= 0.6 is 0 Å². The Hall–Kier alpha value is -0.370. The summed E-state index contributed by atoms with van der Waals surface area (Å²) in [6.07, 6.45) is 12.4. The number of nitrogens with zero attached hydrogens (tertiary/aromatic N) is 1. The van der Waals surface area contributed by atoms with Gasteiger partial charge in [0.05, 0.1) is 6.54 Å². The van der Waals surface area contributed by atoms with Crippen LogP contribution in [0.15, 0.2) is 0 Å². The molecule has 0 radical (unpaired) electrons. The van der Waals surface area contributed by atoms with Gasteiger partial charge in [0.25, 0.3) is 0 Å². The summed E-state index contributed by atoms with van der Waals surface area (Å²) in [7, 11) is 3.98. The van der Waals surface area contributed by atoms with Crippen molar-refractivity contribution in [2.75, 3.05) is 20.6 Å². The fourth-order valence-electron chi connectivity index (χ4n) is 2.54. The first-order valence-corrected chi connectivity index (χ1v) is 8.29. The fraction of sp³-hybridized carbons (Fsp3) is 0.941. The first-order valence-electron chi connectivity index (χ1n) is 8.29. The summed E-state index contributed by atoms with van der Waals surface area (Å²) in [6, 6.07) is 0. The Bertz CT molecular complexity index is 201. The average Bonchev–Trinajstić information content (AvgIpc) is 2.36. The van der Waals surface area contributed by atoms with Gasteiger partial charge in [-0.1, -0.05) is 65.2 Å². The molecule has 0 unspecified atom stereocenters. The van der Waals surface area contributed by atoms with Crippen LogP contribution in [0.25, 0.3) is 0 Å². The molecule has 0 heterocycles. The van der Waals surface area contributed by atoms with Gasteiger partial charge in [0.1, 0.15) is 5.78 Å². The van der Waals surface area contributed by atoms with Crippen LogP contribution in [-0.4, -0.2) is 31.3 Å². The van der Waals surface area contributed by atoms with Gasteiger partial charge < -0.3 is 4.90 Å². The zero-order valence-corrected chi connectivity index (χ0v) is 13.7. The highest BCUT2D eigenvalue weighted by Crippen LogP contribution is 2.19. The van der Waals surface area contributed by atoms with Crippen molar-refractivity contribution >= 4 is 5.78 Å². The summed E-state index contributed by atoms with van der Waals surface area (Å²) in [5, 5.41) is 0. The van der Waals surface area contributed by atoms with Gasteiger partial charge in [0.2, 0.25) is 0 Å². The van der Waals surface area contributed by atoms with E-state index in [2.05, 4.69) is 13.8 Å². The lowest BCUT2D eigenvalue weighted by molar-refractivity contribution is -0.124. The number of likely N-dealkylation sites (N-methyl/N-ethyl adjacent to an activating group) is 1. The number of ketones is 1. The fourth-order valence-corrected chi connectivity index (χ4v) is 2.54. The molecule has 114 valence electrons. The molecule has 0 aromatic heterocycles. The molecule has 0 aliphatic heterocycles. The maximum atomic E-state index is 12.2. The molecule has 2 heteroatoms. The van der Waals surface area contributed by atoms with Crippen molar-refractivity contribution in [2.24, 2.45) is 5.92 Å². The SMILES string of the molecule is CCCCCCC(CCCCCC)C(=O)CN(C)C. The van der Waals surface area contributed by atoms with E-state index in [4.69, 9.17) is 0 Å².